The van der Waals surface area contributed by atoms with Crippen molar-refractivity contribution in [3.63, 3.8) is 0 Å². The molecule has 2 saturated heterocycles. The van der Waals surface area contributed by atoms with Crippen LogP contribution in [0.25, 0.3) is 20.4 Å². The summed E-state index contributed by atoms with van der Waals surface area (Å²) in [6.07, 6.45) is 4.60. The van der Waals surface area contributed by atoms with Gasteiger partial charge in [-0.2, -0.15) is 0 Å². The van der Waals surface area contributed by atoms with Gasteiger partial charge in [0, 0.05) is 37.7 Å². The second-order valence-corrected chi connectivity index (χ2v) is 11.5. The first-order valence-corrected chi connectivity index (χ1v) is 14.1. The molecule has 4 N–H and O–H groups in total. The number of nitrogens with two attached hydrogens (primary N) is 1. The predicted octanol–water partition coefficient (Wildman–Crippen LogP) is 2.77. The van der Waals surface area contributed by atoms with E-state index in [4.69, 9.17) is 15.7 Å². The average molecular weight is 530 g/mol. The van der Waals surface area contributed by atoms with E-state index < -0.39 is 0 Å². The molecule has 12 heteroatoms. The van der Waals surface area contributed by atoms with Crippen molar-refractivity contribution in [2.75, 3.05) is 49.9 Å². The Morgan fingerprint density at radius 2 is 1.39 bits per heavy atom. The summed E-state index contributed by atoms with van der Waals surface area (Å²) in [6, 6.07) is 2.08. The summed E-state index contributed by atoms with van der Waals surface area (Å²) in [5.41, 5.74) is 8.11. The van der Waals surface area contributed by atoms with Gasteiger partial charge < -0.3 is 26.2 Å². The molecule has 0 atom stereocenters. The van der Waals surface area contributed by atoms with Crippen molar-refractivity contribution in [2.24, 2.45) is 11.7 Å². The molecule has 3 aromatic rings. The zero-order valence-electron chi connectivity index (χ0n) is 20.3. The monoisotopic (exact) mass is 529 g/mol. The molecule has 0 aliphatic carbocycles. The number of piperidine rings is 2. The topological polar surface area (TPSA) is 134 Å². The van der Waals surface area contributed by atoms with Gasteiger partial charge in [-0.25, -0.2) is 9.97 Å². The molecule has 0 bridgehead atoms. The molecule has 5 rings (SSSR count). The lowest BCUT2D eigenvalue weighted by Crippen LogP contribution is -2.43. The summed E-state index contributed by atoms with van der Waals surface area (Å²) in [6.45, 7) is 5.21. The maximum absolute atomic E-state index is 12.6. The van der Waals surface area contributed by atoms with E-state index in [-0.39, 0.29) is 36.7 Å². The van der Waals surface area contributed by atoms with Gasteiger partial charge in [0.1, 0.15) is 0 Å². The number of rotatable bonds is 7. The third kappa shape index (κ3) is 5.24. The van der Waals surface area contributed by atoms with Gasteiger partial charge in [-0.05, 0) is 45.1 Å². The Kier molecular flexibility index (Phi) is 7.24. The Balaban J connectivity index is 1.21. The van der Waals surface area contributed by atoms with Crippen molar-refractivity contribution < 1.29 is 14.4 Å². The number of aromatic nitrogens is 2. The number of nitrogens with zero attached hydrogens (tertiary/aromatic N) is 4. The van der Waals surface area contributed by atoms with Crippen LogP contribution in [0.2, 0.25) is 0 Å². The third-order valence-electron chi connectivity index (χ3n) is 7.02. The van der Waals surface area contributed by atoms with E-state index in [1.807, 2.05) is 11.8 Å². The Morgan fingerprint density at radius 3 is 1.89 bits per heavy atom. The molecule has 1 aromatic carbocycles. The molecular formula is C24H31N7O3S2. The number of thiazole rings is 2. The maximum atomic E-state index is 12.6. The highest BCUT2D eigenvalue weighted by Gasteiger charge is 2.26. The fraction of sp³-hybridized carbons (Fsp3) is 0.542. The number of anilines is 2. The van der Waals surface area contributed by atoms with Crippen LogP contribution in [0.1, 0.15) is 37.7 Å². The van der Waals surface area contributed by atoms with E-state index in [0.717, 1.165) is 57.1 Å². The number of hydrogen-bond donors (Lipinski definition) is 3. The smallest absolute Gasteiger partial charge is 0.241 e. The molecule has 0 spiro atoms. The van der Waals surface area contributed by atoms with Crippen LogP contribution in [0.5, 0.6) is 0 Å². The van der Waals surface area contributed by atoms with Crippen LogP contribution in [0.3, 0.4) is 0 Å². The normalized spacial score (nSPS) is 17.0. The number of fused-ring (bicyclic) bond motifs is 2. The number of carbonyl (C=O) groups excluding carboxylic acids is 3. The highest BCUT2D eigenvalue weighted by Crippen LogP contribution is 2.37. The van der Waals surface area contributed by atoms with Gasteiger partial charge in [-0.1, -0.05) is 22.7 Å². The Morgan fingerprint density at radius 1 is 0.889 bits per heavy atom. The van der Waals surface area contributed by atoms with E-state index in [1.54, 1.807) is 4.90 Å². The summed E-state index contributed by atoms with van der Waals surface area (Å²) in [5.74, 6) is -0.307. The lowest BCUT2D eigenvalue weighted by molar-refractivity contribution is -0.133. The first-order chi connectivity index (χ1) is 17.4. The molecule has 10 nitrogen and oxygen atoms in total. The fourth-order valence-corrected chi connectivity index (χ4v) is 6.86. The van der Waals surface area contributed by atoms with Crippen LogP contribution in [0.4, 0.5) is 10.3 Å². The zero-order valence-corrected chi connectivity index (χ0v) is 22.0. The van der Waals surface area contributed by atoms with Crippen LogP contribution in [-0.2, 0) is 14.4 Å². The molecule has 2 fully saturated rings. The maximum Gasteiger partial charge on any atom is 0.241 e. The van der Waals surface area contributed by atoms with E-state index in [1.165, 1.54) is 29.1 Å². The van der Waals surface area contributed by atoms with Crippen molar-refractivity contribution in [1.29, 1.82) is 0 Å². The van der Waals surface area contributed by atoms with Crippen LogP contribution in [-0.4, -0.2) is 76.8 Å². The number of likely N-dealkylation sites (tertiary alicyclic amines) is 2. The highest BCUT2D eigenvalue weighted by molar-refractivity contribution is 7.24. The van der Waals surface area contributed by atoms with Gasteiger partial charge in [0.2, 0.25) is 17.7 Å². The first-order valence-electron chi connectivity index (χ1n) is 12.4. The highest BCUT2D eigenvalue weighted by atomic mass is 32.1. The van der Waals surface area contributed by atoms with Crippen molar-refractivity contribution in [3.8, 4) is 0 Å². The summed E-state index contributed by atoms with van der Waals surface area (Å²) < 4.78 is 2.06. The number of aryl methyl sites for hydroxylation is 1. The minimum atomic E-state index is -0.284. The Labute approximate surface area is 217 Å². The lowest BCUT2D eigenvalue weighted by atomic mass is 9.96. The molecule has 2 aliphatic rings. The lowest BCUT2D eigenvalue weighted by Gasteiger charge is -2.30. The molecule has 3 amide bonds. The minimum Gasteiger partial charge on any atom is -0.369 e. The van der Waals surface area contributed by atoms with Crippen LogP contribution < -0.4 is 16.4 Å². The number of benzene rings is 1. The number of carbonyl (C=O) groups is 3. The molecule has 0 radical (unpaired) electrons. The van der Waals surface area contributed by atoms with E-state index in [2.05, 4.69) is 16.7 Å². The molecule has 36 heavy (non-hydrogen) atoms. The summed E-state index contributed by atoms with van der Waals surface area (Å²) in [7, 11) is 0. The van der Waals surface area contributed by atoms with Crippen LogP contribution in [0, 0.1) is 12.8 Å². The van der Waals surface area contributed by atoms with E-state index in [9.17, 15) is 14.4 Å². The molecule has 192 valence electrons. The zero-order chi connectivity index (χ0) is 25.2. The first kappa shape index (κ1) is 24.7. The molecular weight excluding hydrogens is 498 g/mol. The van der Waals surface area contributed by atoms with Gasteiger partial charge in [0.25, 0.3) is 0 Å². The summed E-state index contributed by atoms with van der Waals surface area (Å²) in [4.78, 5) is 49.6. The van der Waals surface area contributed by atoms with Crippen molar-refractivity contribution in [3.05, 3.63) is 11.6 Å². The van der Waals surface area contributed by atoms with Gasteiger partial charge in [0.15, 0.2) is 10.3 Å². The average Bonchev–Trinajstić information content (AvgIpc) is 3.50. The minimum absolute atomic E-state index is 0.00800. The molecule has 4 heterocycles. The fourth-order valence-electron chi connectivity index (χ4n) is 4.86. The van der Waals surface area contributed by atoms with E-state index >= 15 is 0 Å². The van der Waals surface area contributed by atoms with Crippen LogP contribution in [0.15, 0.2) is 6.07 Å². The molecule has 2 aliphatic heterocycles. The van der Waals surface area contributed by atoms with Gasteiger partial charge >= 0.3 is 0 Å². The van der Waals surface area contributed by atoms with Crippen LogP contribution >= 0.6 is 22.7 Å². The number of primary amides is 1. The molecule has 0 unspecified atom stereocenters. The predicted molar refractivity (Wildman–Crippen MR) is 143 cm³/mol. The largest absolute Gasteiger partial charge is 0.369 e. The van der Waals surface area contributed by atoms with Crippen molar-refractivity contribution in [1.82, 2.24) is 19.8 Å². The quantitative estimate of drug-likeness (QED) is 0.429. The van der Waals surface area contributed by atoms with Crippen molar-refractivity contribution in [2.45, 2.75) is 39.0 Å². The standard InChI is InChI=1S/C24H31N7O3S2/c1-14-20-16(35-23(28-20)26-12-18(32)30-7-3-2-4-8-30)11-17-21(14)29-24(36-17)27-13-19(33)31-9-5-15(6-10-31)22(25)34/h11,15H,2-10,12-13H2,1H3,(H2,25,34)(H,26,28)(H,27,29). The van der Waals surface area contributed by atoms with Crippen molar-refractivity contribution >= 4 is 71.1 Å². The van der Waals surface area contributed by atoms with Gasteiger partial charge in [-0.3, -0.25) is 14.4 Å². The number of nitrogens with one attached hydrogen (secondary N) is 2. The van der Waals surface area contributed by atoms with Gasteiger partial charge in [0.05, 0.1) is 33.5 Å². The Hall–Kier alpha value is -2.99. The third-order valence-corrected chi connectivity index (χ3v) is 8.94. The number of amides is 3. The molecule has 2 aromatic heterocycles. The van der Waals surface area contributed by atoms with Gasteiger partial charge in [-0.15, -0.1) is 0 Å². The molecule has 0 saturated carbocycles. The Bertz CT molecular complexity index is 1290. The summed E-state index contributed by atoms with van der Waals surface area (Å²) in [5, 5.41) is 7.80. The van der Waals surface area contributed by atoms with E-state index in [0.29, 0.717) is 31.1 Å². The number of hydrogen-bond acceptors (Lipinski definition) is 9. The second-order valence-electron chi connectivity index (χ2n) is 9.44. The second kappa shape index (κ2) is 10.6. The SMILES string of the molecule is Cc1c2nc(NCC(=O)N3CCCCC3)sc2cc2sc(NCC(=O)N3CCC(C(N)=O)CC3)nc12. The summed E-state index contributed by atoms with van der Waals surface area (Å²) >= 11 is 3.04.